The molecule has 2 rings (SSSR count). The lowest BCUT2D eigenvalue weighted by Crippen LogP contribution is -1.85. The molecule has 0 fully saturated rings. The Morgan fingerprint density at radius 2 is 2.20 bits per heavy atom. The molecule has 0 atom stereocenters. The lowest BCUT2D eigenvalue weighted by molar-refractivity contribution is 0.939. The van der Waals surface area contributed by atoms with E-state index in [9.17, 15) is 0 Å². The summed E-state index contributed by atoms with van der Waals surface area (Å²) >= 11 is 0. The summed E-state index contributed by atoms with van der Waals surface area (Å²) in [6.07, 6.45) is 5.34. The summed E-state index contributed by atoms with van der Waals surface area (Å²) in [6.45, 7) is 0. The van der Waals surface area contributed by atoms with Gasteiger partial charge in [-0.1, -0.05) is 0 Å². The van der Waals surface area contributed by atoms with Crippen LogP contribution in [-0.4, -0.2) is 14.6 Å². The van der Waals surface area contributed by atoms with Gasteiger partial charge in [0.25, 0.3) is 0 Å². The average Bonchev–Trinajstić information content (AvgIpc) is 2.33. The second-order valence-corrected chi connectivity index (χ2v) is 1.75. The maximum Gasteiger partial charge on any atom is 0.154 e. The Balaban J connectivity index is 0.000000500. The predicted octanol–water partition coefficient (Wildman–Crippen LogP) is 1.15. The van der Waals surface area contributed by atoms with Crippen molar-refractivity contribution >= 4 is 18.1 Å². The topological polar surface area (TPSA) is 30.2 Å². The standard InChI is InChI=1S/C6H5N3.ClH/c1-3-7-6-2-4-8-9(6)5-1;/h1-5H;1H. The van der Waals surface area contributed by atoms with Crippen molar-refractivity contribution < 1.29 is 0 Å². The zero-order valence-electron chi connectivity index (χ0n) is 5.14. The van der Waals surface area contributed by atoms with Crippen LogP contribution in [0, 0.1) is 0 Å². The van der Waals surface area contributed by atoms with E-state index >= 15 is 0 Å². The SMILES string of the molecule is Cl.c1cnc2ccnn2c1. The van der Waals surface area contributed by atoms with Crippen LogP contribution < -0.4 is 0 Å². The molecule has 0 aliphatic carbocycles. The first kappa shape index (κ1) is 7.02. The minimum Gasteiger partial charge on any atom is -0.237 e. The van der Waals surface area contributed by atoms with Crippen molar-refractivity contribution in [2.45, 2.75) is 0 Å². The molecule has 0 bridgehead atoms. The third-order valence-electron chi connectivity index (χ3n) is 1.17. The van der Waals surface area contributed by atoms with Gasteiger partial charge in [-0.2, -0.15) is 5.10 Å². The van der Waals surface area contributed by atoms with Crippen LogP contribution in [0.3, 0.4) is 0 Å². The van der Waals surface area contributed by atoms with E-state index in [0.717, 1.165) is 5.65 Å². The summed E-state index contributed by atoms with van der Waals surface area (Å²) in [5.74, 6) is 0. The Morgan fingerprint density at radius 1 is 1.30 bits per heavy atom. The molecule has 3 nitrogen and oxygen atoms in total. The number of nitrogens with zero attached hydrogens (tertiary/aromatic N) is 3. The van der Waals surface area contributed by atoms with E-state index in [1.807, 2.05) is 18.3 Å². The van der Waals surface area contributed by atoms with Gasteiger partial charge in [0.1, 0.15) is 0 Å². The Bertz CT molecular complexity index is 287. The molecule has 0 amide bonds. The quantitative estimate of drug-likeness (QED) is 0.572. The van der Waals surface area contributed by atoms with E-state index in [1.54, 1.807) is 16.9 Å². The summed E-state index contributed by atoms with van der Waals surface area (Å²) in [5, 5.41) is 3.97. The summed E-state index contributed by atoms with van der Waals surface area (Å²) in [6, 6.07) is 3.71. The fraction of sp³-hybridized carbons (Fsp3) is 0. The van der Waals surface area contributed by atoms with Crippen molar-refractivity contribution in [3.8, 4) is 0 Å². The zero-order chi connectivity index (χ0) is 6.10. The number of halogens is 1. The van der Waals surface area contributed by atoms with Crippen molar-refractivity contribution in [2.75, 3.05) is 0 Å². The largest absolute Gasteiger partial charge is 0.237 e. The number of hydrogen-bond acceptors (Lipinski definition) is 2. The molecule has 0 saturated heterocycles. The molecule has 0 saturated carbocycles. The highest BCUT2D eigenvalue weighted by molar-refractivity contribution is 5.85. The monoisotopic (exact) mass is 155 g/mol. The molecule has 4 heteroatoms. The Morgan fingerprint density at radius 3 is 3.00 bits per heavy atom. The molecule has 0 N–H and O–H groups in total. The van der Waals surface area contributed by atoms with E-state index in [2.05, 4.69) is 10.1 Å². The third-order valence-corrected chi connectivity index (χ3v) is 1.17. The number of aromatic nitrogens is 3. The van der Waals surface area contributed by atoms with E-state index in [1.165, 1.54) is 0 Å². The minimum atomic E-state index is 0. The van der Waals surface area contributed by atoms with E-state index in [-0.39, 0.29) is 12.4 Å². The summed E-state index contributed by atoms with van der Waals surface area (Å²) in [5.41, 5.74) is 0.887. The van der Waals surface area contributed by atoms with Crippen molar-refractivity contribution in [2.24, 2.45) is 0 Å². The fourth-order valence-corrected chi connectivity index (χ4v) is 0.764. The summed E-state index contributed by atoms with van der Waals surface area (Å²) < 4.78 is 1.72. The molecule has 0 aliphatic heterocycles. The highest BCUT2D eigenvalue weighted by atomic mass is 35.5. The normalized spacial score (nSPS) is 9.20. The van der Waals surface area contributed by atoms with Gasteiger partial charge in [-0.3, -0.25) is 0 Å². The molecule has 52 valence electrons. The van der Waals surface area contributed by atoms with Gasteiger partial charge >= 0.3 is 0 Å². The van der Waals surface area contributed by atoms with Crippen LogP contribution in [0.1, 0.15) is 0 Å². The molecular weight excluding hydrogens is 150 g/mol. The smallest absolute Gasteiger partial charge is 0.154 e. The first-order valence-corrected chi connectivity index (χ1v) is 2.71. The maximum absolute atomic E-state index is 4.04. The van der Waals surface area contributed by atoms with Gasteiger partial charge in [-0.25, -0.2) is 9.50 Å². The summed E-state index contributed by atoms with van der Waals surface area (Å²) in [7, 11) is 0. The molecule has 0 radical (unpaired) electrons. The second-order valence-electron chi connectivity index (χ2n) is 1.75. The van der Waals surface area contributed by atoms with Crippen LogP contribution >= 0.6 is 12.4 Å². The van der Waals surface area contributed by atoms with Gasteiger partial charge in [-0.15, -0.1) is 12.4 Å². The Kier molecular flexibility index (Phi) is 1.87. The van der Waals surface area contributed by atoms with Gasteiger partial charge < -0.3 is 0 Å². The number of fused-ring (bicyclic) bond motifs is 1. The highest BCUT2D eigenvalue weighted by Gasteiger charge is 1.86. The third kappa shape index (κ3) is 0.953. The van der Waals surface area contributed by atoms with E-state index in [0.29, 0.717) is 0 Å². The van der Waals surface area contributed by atoms with Gasteiger partial charge in [0.2, 0.25) is 0 Å². The van der Waals surface area contributed by atoms with Crippen LogP contribution in [0.4, 0.5) is 0 Å². The van der Waals surface area contributed by atoms with Crippen molar-refractivity contribution in [1.82, 2.24) is 14.6 Å². The van der Waals surface area contributed by atoms with Crippen LogP contribution in [-0.2, 0) is 0 Å². The Labute approximate surface area is 64.1 Å². The second kappa shape index (κ2) is 2.66. The van der Waals surface area contributed by atoms with Crippen molar-refractivity contribution in [3.63, 3.8) is 0 Å². The van der Waals surface area contributed by atoms with Gasteiger partial charge in [0.05, 0.1) is 6.20 Å². The van der Waals surface area contributed by atoms with Crippen LogP contribution in [0.5, 0.6) is 0 Å². The van der Waals surface area contributed by atoms with E-state index in [4.69, 9.17) is 0 Å². The molecule has 0 unspecified atom stereocenters. The zero-order valence-corrected chi connectivity index (χ0v) is 5.95. The fourth-order valence-electron chi connectivity index (χ4n) is 0.764. The van der Waals surface area contributed by atoms with Crippen molar-refractivity contribution in [3.05, 3.63) is 30.7 Å². The Hall–Kier alpha value is -1.09. The summed E-state index contributed by atoms with van der Waals surface area (Å²) in [4.78, 5) is 4.04. The molecular formula is C6H6ClN3. The van der Waals surface area contributed by atoms with E-state index < -0.39 is 0 Å². The molecule has 2 aromatic heterocycles. The predicted molar refractivity (Wildman–Crippen MR) is 40.2 cm³/mol. The lowest BCUT2D eigenvalue weighted by Gasteiger charge is -1.85. The van der Waals surface area contributed by atoms with Gasteiger partial charge in [0.15, 0.2) is 5.65 Å². The van der Waals surface area contributed by atoms with Gasteiger partial charge in [0, 0.05) is 18.5 Å². The highest BCUT2D eigenvalue weighted by Crippen LogP contribution is 1.93. The first-order chi connectivity index (χ1) is 4.47. The maximum atomic E-state index is 4.04. The molecule has 2 aromatic rings. The molecule has 0 spiro atoms. The first-order valence-electron chi connectivity index (χ1n) is 2.71. The average molecular weight is 156 g/mol. The van der Waals surface area contributed by atoms with Crippen LogP contribution in [0.15, 0.2) is 30.7 Å². The van der Waals surface area contributed by atoms with Gasteiger partial charge in [-0.05, 0) is 6.07 Å². The van der Waals surface area contributed by atoms with Crippen molar-refractivity contribution in [1.29, 1.82) is 0 Å². The molecule has 0 aliphatic rings. The van der Waals surface area contributed by atoms with Crippen LogP contribution in [0.2, 0.25) is 0 Å². The number of hydrogen-bond donors (Lipinski definition) is 0. The lowest BCUT2D eigenvalue weighted by atomic mass is 10.6. The minimum absolute atomic E-state index is 0. The molecule has 10 heavy (non-hydrogen) atoms. The number of rotatable bonds is 0. The molecule has 2 heterocycles. The molecule has 0 aromatic carbocycles. The van der Waals surface area contributed by atoms with Crippen LogP contribution in [0.25, 0.3) is 5.65 Å².